The number of nitrogens with zero attached hydrogens (tertiary/aromatic N) is 3. The summed E-state index contributed by atoms with van der Waals surface area (Å²) >= 11 is 0. The minimum atomic E-state index is -3.84. The first-order valence-corrected chi connectivity index (χ1v) is 15.9. The number of ether oxygens (including phenoxy) is 1. The number of amides is 1. The summed E-state index contributed by atoms with van der Waals surface area (Å²) in [6, 6.07) is 4.57. The van der Waals surface area contributed by atoms with Crippen molar-refractivity contribution < 1.29 is 27.0 Å². The molecule has 3 aliphatic rings. The Balaban J connectivity index is 1.77. The molecular weight excluding hydrogens is 515 g/mol. The van der Waals surface area contributed by atoms with Crippen LogP contribution in [-0.2, 0) is 28.6 Å². The van der Waals surface area contributed by atoms with Crippen molar-refractivity contribution in [3.8, 4) is 0 Å². The summed E-state index contributed by atoms with van der Waals surface area (Å²) in [5, 5.41) is 3.41. The van der Waals surface area contributed by atoms with E-state index in [9.17, 15) is 17.8 Å². The van der Waals surface area contributed by atoms with Crippen molar-refractivity contribution in [2.24, 2.45) is 10.2 Å². The van der Waals surface area contributed by atoms with E-state index in [4.69, 9.17) is 9.26 Å². The molecule has 0 spiro atoms. The minimum absolute atomic E-state index is 0.0399. The van der Waals surface area contributed by atoms with E-state index in [0.717, 1.165) is 12.7 Å². The van der Waals surface area contributed by atoms with Crippen LogP contribution in [0.15, 0.2) is 34.3 Å². The molecule has 1 aromatic carbocycles. The monoisotopic (exact) mass is 552 g/mol. The lowest BCUT2D eigenvalue weighted by Crippen LogP contribution is -2.58. The van der Waals surface area contributed by atoms with Gasteiger partial charge in [0, 0.05) is 13.1 Å². The molecule has 0 aliphatic carbocycles. The van der Waals surface area contributed by atoms with Gasteiger partial charge in [0.1, 0.15) is 23.0 Å². The summed E-state index contributed by atoms with van der Waals surface area (Å²) in [6.07, 6.45) is 1.93. The Morgan fingerprint density at radius 3 is 2.49 bits per heavy atom. The van der Waals surface area contributed by atoms with Crippen molar-refractivity contribution in [1.29, 1.82) is 0 Å². The van der Waals surface area contributed by atoms with E-state index in [1.165, 1.54) is 10.4 Å². The van der Waals surface area contributed by atoms with E-state index in [-0.39, 0.29) is 47.2 Å². The van der Waals surface area contributed by atoms with E-state index in [1.807, 2.05) is 18.7 Å². The lowest BCUT2D eigenvalue weighted by Gasteiger charge is -2.48. The molecule has 1 N–H and O–H groups in total. The first kappa shape index (κ1) is 27.7. The fraction of sp³-hybridized carbons (Fsp3) is 0.600. The highest BCUT2D eigenvalue weighted by atomic mass is 32.2. The quantitative estimate of drug-likeness (QED) is 0.487. The number of carbonyl (C=O) groups is 1. The highest BCUT2D eigenvalue weighted by Gasteiger charge is 2.59. The molecule has 1 amide bonds. The van der Waals surface area contributed by atoms with Gasteiger partial charge in [-0.15, -0.1) is 0 Å². The Hall–Kier alpha value is -2.36. The molecule has 0 aromatic heterocycles. The van der Waals surface area contributed by atoms with Gasteiger partial charge in [0.25, 0.3) is 5.91 Å². The minimum Gasteiger partial charge on any atom is -0.486 e. The highest BCUT2D eigenvalue weighted by molar-refractivity contribution is 7.92. The first-order valence-electron chi connectivity index (χ1n) is 12.5. The zero-order valence-corrected chi connectivity index (χ0v) is 24.5. The molecule has 0 radical (unpaired) electrons. The number of carbonyl (C=O) groups excluding carboxylic acids is 1. The second kappa shape index (κ2) is 9.13. The number of fused-ring (bicyclic) bond motifs is 2. The zero-order valence-electron chi connectivity index (χ0n) is 22.8. The van der Waals surface area contributed by atoms with E-state index in [0.29, 0.717) is 23.7 Å². The molecule has 4 rings (SSSR count). The second-order valence-corrected chi connectivity index (χ2v) is 15.2. The van der Waals surface area contributed by atoms with Crippen molar-refractivity contribution in [2.75, 3.05) is 35.6 Å². The molecule has 10 nitrogen and oxygen atoms in total. The maximum absolute atomic E-state index is 14.1. The van der Waals surface area contributed by atoms with Gasteiger partial charge in [0.15, 0.2) is 5.84 Å². The third-order valence-corrected chi connectivity index (χ3v) is 10.0. The predicted molar refractivity (Wildman–Crippen MR) is 146 cm³/mol. The fourth-order valence-electron chi connectivity index (χ4n) is 4.98. The zero-order chi connectivity index (χ0) is 27.6. The Kier molecular flexibility index (Phi) is 6.83. The average molecular weight is 553 g/mol. The maximum Gasteiger partial charge on any atom is 0.348 e. The number of hydrogen-bond acceptors (Lipinski definition) is 7. The Morgan fingerprint density at radius 2 is 1.95 bits per heavy atom. The maximum atomic E-state index is 14.1. The van der Waals surface area contributed by atoms with Crippen LogP contribution in [0.5, 0.6) is 0 Å². The van der Waals surface area contributed by atoms with Crippen LogP contribution in [-0.4, -0.2) is 62.7 Å². The number of nitrogens with one attached hydrogen (secondary N) is 1. The van der Waals surface area contributed by atoms with Crippen LogP contribution in [0, 0.1) is 5.41 Å². The lowest BCUT2D eigenvalue weighted by molar-refractivity contribution is -0.147. The molecule has 204 valence electrons. The predicted octanol–water partition coefficient (Wildman–Crippen LogP) is 3.86. The number of benzene rings is 1. The Bertz CT molecular complexity index is 1350. The van der Waals surface area contributed by atoms with Gasteiger partial charge in [0.05, 0.1) is 29.5 Å². The second-order valence-electron chi connectivity index (χ2n) is 11.3. The highest BCUT2D eigenvalue weighted by Crippen LogP contribution is 2.54. The van der Waals surface area contributed by atoms with Gasteiger partial charge in [-0.3, -0.25) is 13.7 Å². The van der Waals surface area contributed by atoms with Gasteiger partial charge >= 0.3 is 7.52 Å². The van der Waals surface area contributed by atoms with Crippen LogP contribution in [0.25, 0.3) is 0 Å². The first-order chi connectivity index (χ1) is 17.0. The largest absolute Gasteiger partial charge is 0.486 e. The van der Waals surface area contributed by atoms with E-state index in [2.05, 4.69) is 30.9 Å². The van der Waals surface area contributed by atoms with Gasteiger partial charge in [-0.25, -0.2) is 8.42 Å². The number of sulfonamides is 1. The molecule has 2 atom stereocenters. The van der Waals surface area contributed by atoms with Crippen LogP contribution < -0.4 is 14.9 Å². The van der Waals surface area contributed by atoms with Gasteiger partial charge in [-0.05, 0) is 57.7 Å². The van der Waals surface area contributed by atoms with Gasteiger partial charge < -0.3 is 19.5 Å². The van der Waals surface area contributed by atoms with Crippen molar-refractivity contribution in [1.82, 2.24) is 4.90 Å². The summed E-state index contributed by atoms with van der Waals surface area (Å²) in [6.45, 7) is 14.6. The molecule has 1 fully saturated rings. The molecule has 0 saturated carbocycles. The average Bonchev–Trinajstić information content (AvgIpc) is 2.99. The van der Waals surface area contributed by atoms with E-state index < -0.39 is 23.1 Å². The van der Waals surface area contributed by atoms with Crippen molar-refractivity contribution >= 4 is 46.0 Å². The third-order valence-electron chi connectivity index (χ3n) is 6.70. The lowest BCUT2D eigenvalue weighted by atomic mass is 9.88. The standard InChI is InChI=1S/C25H37N4O6PS/c1-9-29(37(8,32)33)16-11-12-17-18(15-16)36(31,34-10-2)27-22(26-17)19-20-21(25(6,7)35-20)28(23(19)30)14-13-24(3,4)5/h11-12,15,21H,9-10,13-14H2,1-8H3,(H,26,27,31). The van der Waals surface area contributed by atoms with Crippen LogP contribution in [0.4, 0.5) is 11.4 Å². The normalized spacial score (nSPS) is 24.5. The summed E-state index contributed by atoms with van der Waals surface area (Å²) in [5.41, 5.74) is 0.558. The third kappa shape index (κ3) is 4.93. The van der Waals surface area contributed by atoms with E-state index >= 15 is 0 Å². The summed E-state index contributed by atoms with van der Waals surface area (Å²) in [5.74, 6) is 0.442. The molecular formula is C25H37N4O6PS. The number of rotatable bonds is 8. The number of hydrogen-bond donors (Lipinski definition) is 1. The molecule has 3 heterocycles. The molecule has 2 unspecified atom stereocenters. The Morgan fingerprint density at radius 1 is 1.27 bits per heavy atom. The topological polar surface area (TPSA) is 118 Å². The molecule has 1 saturated heterocycles. The molecule has 37 heavy (non-hydrogen) atoms. The van der Waals surface area contributed by atoms with Crippen molar-refractivity contribution in [2.45, 2.75) is 66.5 Å². The SMILES string of the molecule is CCOP1(=O)N=C(C2=C3OC(C)(C)C3N(CCC(C)(C)C)C2=O)Nc2ccc(N(CC)S(C)(=O)=O)cc21. The smallest absolute Gasteiger partial charge is 0.348 e. The van der Waals surface area contributed by atoms with Gasteiger partial charge in [-0.2, -0.15) is 4.76 Å². The molecule has 12 heteroatoms. The van der Waals surface area contributed by atoms with Crippen molar-refractivity contribution in [3.63, 3.8) is 0 Å². The van der Waals surface area contributed by atoms with E-state index in [1.54, 1.807) is 26.0 Å². The summed E-state index contributed by atoms with van der Waals surface area (Å²) in [7, 11) is -7.38. The van der Waals surface area contributed by atoms with Crippen LogP contribution in [0.2, 0.25) is 0 Å². The summed E-state index contributed by atoms with van der Waals surface area (Å²) < 4.78 is 56.1. The van der Waals surface area contributed by atoms with Gasteiger partial charge in [0.2, 0.25) is 10.0 Å². The molecule has 1 aromatic rings. The fourth-order valence-corrected chi connectivity index (χ4v) is 7.74. The molecule has 0 bridgehead atoms. The number of amidine groups is 1. The summed E-state index contributed by atoms with van der Waals surface area (Å²) in [4.78, 5) is 15.5. The Labute approximate surface area is 219 Å². The van der Waals surface area contributed by atoms with Crippen LogP contribution in [0.1, 0.15) is 54.9 Å². The van der Waals surface area contributed by atoms with Crippen LogP contribution in [0.3, 0.4) is 0 Å². The molecule has 3 aliphatic heterocycles. The van der Waals surface area contributed by atoms with Gasteiger partial charge in [-0.1, -0.05) is 20.8 Å². The van der Waals surface area contributed by atoms with Crippen molar-refractivity contribution in [3.05, 3.63) is 29.5 Å². The number of anilines is 2. The van der Waals surface area contributed by atoms with Crippen LogP contribution >= 0.6 is 7.52 Å².